The number of hydrogen-bond acceptors (Lipinski definition) is 3. The fourth-order valence-corrected chi connectivity index (χ4v) is 3.07. The van der Waals surface area contributed by atoms with Crippen molar-refractivity contribution in [1.82, 2.24) is 5.32 Å². The maximum absolute atomic E-state index is 12.8. The van der Waals surface area contributed by atoms with Crippen LogP contribution in [0, 0.1) is 0 Å². The first kappa shape index (κ1) is 17.1. The Balaban J connectivity index is 1.81. The zero-order valence-electron chi connectivity index (χ0n) is 14.9. The lowest BCUT2D eigenvalue weighted by molar-refractivity contribution is 0.241. The molecule has 0 aliphatic heterocycles. The van der Waals surface area contributed by atoms with E-state index in [1.807, 2.05) is 55.5 Å². The van der Waals surface area contributed by atoms with E-state index in [1.54, 1.807) is 19.1 Å². The van der Waals surface area contributed by atoms with E-state index in [2.05, 4.69) is 5.32 Å². The first-order valence-corrected chi connectivity index (χ1v) is 8.51. The first-order valence-electron chi connectivity index (χ1n) is 8.51. The molecule has 0 atom stereocenters. The minimum absolute atomic E-state index is 0.0824. The van der Waals surface area contributed by atoms with Crippen molar-refractivity contribution in [3.05, 3.63) is 54.1 Å². The molecule has 132 valence electrons. The monoisotopic (exact) mass is 340 g/mol. The summed E-state index contributed by atoms with van der Waals surface area (Å²) >= 11 is 0. The van der Waals surface area contributed by atoms with Gasteiger partial charge in [0.25, 0.3) is 0 Å². The van der Waals surface area contributed by atoms with Gasteiger partial charge in [-0.1, -0.05) is 24.3 Å². The van der Waals surface area contributed by atoms with Gasteiger partial charge >= 0.3 is 6.03 Å². The Morgan fingerprint density at radius 2 is 1.76 bits per heavy atom. The molecule has 0 unspecified atom stereocenters. The predicted molar refractivity (Wildman–Crippen MR) is 98.5 cm³/mol. The van der Waals surface area contributed by atoms with E-state index in [-0.39, 0.29) is 11.6 Å². The van der Waals surface area contributed by atoms with Gasteiger partial charge in [-0.25, -0.2) is 4.79 Å². The van der Waals surface area contributed by atoms with Crippen molar-refractivity contribution in [1.29, 1.82) is 0 Å². The van der Waals surface area contributed by atoms with Gasteiger partial charge in [-0.3, -0.25) is 4.90 Å². The van der Waals surface area contributed by atoms with E-state index in [4.69, 9.17) is 9.47 Å². The quantitative estimate of drug-likeness (QED) is 0.867. The van der Waals surface area contributed by atoms with Crippen molar-refractivity contribution >= 4 is 11.7 Å². The van der Waals surface area contributed by atoms with Crippen LogP contribution < -0.4 is 19.7 Å². The Morgan fingerprint density at radius 1 is 1.08 bits per heavy atom. The van der Waals surface area contributed by atoms with Gasteiger partial charge in [0.1, 0.15) is 0 Å². The van der Waals surface area contributed by atoms with Crippen molar-refractivity contribution < 1.29 is 14.3 Å². The number of methoxy groups -OCH3 is 2. The number of carbonyl (C=O) groups excluding carboxylic acids is 1. The molecule has 25 heavy (non-hydrogen) atoms. The molecular weight excluding hydrogens is 316 g/mol. The fourth-order valence-electron chi connectivity index (χ4n) is 3.07. The van der Waals surface area contributed by atoms with Crippen molar-refractivity contribution in [3.8, 4) is 11.5 Å². The molecular formula is C20H24N2O3. The molecule has 2 aromatic carbocycles. The normalized spacial score (nSPS) is 14.5. The summed E-state index contributed by atoms with van der Waals surface area (Å²) in [6.07, 6.45) is 1.83. The van der Waals surface area contributed by atoms with Crippen molar-refractivity contribution in [3.63, 3.8) is 0 Å². The Labute approximate surface area is 148 Å². The van der Waals surface area contributed by atoms with Gasteiger partial charge in [0, 0.05) is 12.2 Å². The minimum atomic E-state index is -0.321. The number of benzene rings is 2. The molecule has 5 heteroatoms. The number of rotatable bonds is 6. The first-order chi connectivity index (χ1) is 12.1. The average Bonchev–Trinajstić information content (AvgIpc) is 3.43. The largest absolute Gasteiger partial charge is 0.493 e. The van der Waals surface area contributed by atoms with Gasteiger partial charge < -0.3 is 14.8 Å². The third kappa shape index (κ3) is 3.40. The van der Waals surface area contributed by atoms with Gasteiger partial charge in [0.15, 0.2) is 11.5 Å². The van der Waals surface area contributed by atoms with Crippen LogP contribution in [0.5, 0.6) is 11.5 Å². The molecule has 1 aliphatic carbocycles. The molecule has 0 radical (unpaired) electrons. The maximum atomic E-state index is 12.8. The summed E-state index contributed by atoms with van der Waals surface area (Å²) in [5.41, 5.74) is 1.62. The second-order valence-electron chi connectivity index (χ2n) is 6.16. The predicted octanol–water partition coefficient (Wildman–Crippen LogP) is 3.93. The Hall–Kier alpha value is -2.69. The SMILES string of the molecule is CCN(C(=O)NC1(c2ccc(OC)c(OC)c2)CC1)c1ccccc1. The number of carbonyl (C=O) groups is 1. The van der Waals surface area contributed by atoms with E-state index in [9.17, 15) is 4.79 Å². The highest BCUT2D eigenvalue weighted by atomic mass is 16.5. The van der Waals surface area contributed by atoms with Crippen LogP contribution >= 0.6 is 0 Å². The van der Waals surface area contributed by atoms with Crippen molar-refractivity contribution in [2.45, 2.75) is 25.3 Å². The summed E-state index contributed by atoms with van der Waals surface area (Å²) < 4.78 is 10.7. The Morgan fingerprint density at radius 3 is 2.32 bits per heavy atom. The third-order valence-electron chi connectivity index (χ3n) is 4.66. The maximum Gasteiger partial charge on any atom is 0.322 e. The fraction of sp³-hybridized carbons (Fsp3) is 0.350. The number of para-hydroxylation sites is 1. The highest BCUT2D eigenvalue weighted by Crippen LogP contribution is 2.47. The molecule has 1 N–H and O–H groups in total. The second-order valence-corrected chi connectivity index (χ2v) is 6.16. The summed E-state index contributed by atoms with van der Waals surface area (Å²) in [5.74, 6) is 1.36. The second kappa shape index (κ2) is 7.05. The van der Waals surface area contributed by atoms with Crippen molar-refractivity contribution in [2.24, 2.45) is 0 Å². The molecule has 0 saturated heterocycles. The molecule has 2 aromatic rings. The molecule has 2 amide bonds. The number of nitrogens with zero attached hydrogens (tertiary/aromatic N) is 1. The lowest BCUT2D eigenvalue weighted by atomic mass is 10.0. The third-order valence-corrected chi connectivity index (χ3v) is 4.66. The van der Waals surface area contributed by atoms with E-state index in [0.717, 1.165) is 24.1 Å². The van der Waals surface area contributed by atoms with Crippen LogP contribution in [-0.2, 0) is 5.54 Å². The van der Waals surface area contributed by atoms with E-state index >= 15 is 0 Å². The van der Waals surface area contributed by atoms with Crippen LogP contribution in [0.15, 0.2) is 48.5 Å². The van der Waals surface area contributed by atoms with Gasteiger partial charge in [-0.15, -0.1) is 0 Å². The molecule has 0 heterocycles. The number of hydrogen-bond donors (Lipinski definition) is 1. The number of urea groups is 1. The zero-order chi connectivity index (χ0) is 17.9. The summed E-state index contributed by atoms with van der Waals surface area (Å²) in [6, 6.07) is 15.5. The van der Waals surface area contributed by atoms with Crippen LogP contribution in [-0.4, -0.2) is 26.8 Å². The van der Waals surface area contributed by atoms with Gasteiger partial charge in [-0.2, -0.15) is 0 Å². The summed E-state index contributed by atoms with van der Waals surface area (Å²) in [6.45, 7) is 2.58. The van der Waals surface area contributed by atoms with Crippen LogP contribution in [0.1, 0.15) is 25.3 Å². The summed E-state index contributed by atoms with van der Waals surface area (Å²) in [4.78, 5) is 14.6. The topological polar surface area (TPSA) is 50.8 Å². The molecule has 1 fully saturated rings. The highest BCUT2D eigenvalue weighted by Gasteiger charge is 2.46. The van der Waals surface area contributed by atoms with Crippen LogP contribution in [0.3, 0.4) is 0 Å². The standard InChI is InChI=1S/C20H24N2O3/c1-4-22(16-8-6-5-7-9-16)19(23)21-20(12-13-20)15-10-11-17(24-2)18(14-15)25-3/h5-11,14H,4,12-13H2,1-3H3,(H,21,23). The number of amides is 2. The van der Waals surface area contributed by atoms with Crippen LogP contribution in [0.4, 0.5) is 10.5 Å². The van der Waals surface area contributed by atoms with Gasteiger partial charge in [0.05, 0.1) is 19.8 Å². The number of anilines is 1. The molecule has 0 spiro atoms. The van der Waals surface area contributed by atoms with Gasteiger partial charge in [0.2, 0.25) is 0 Å². The summed E-state index contributed by atoms with van der Waals surface area (Å²) in [5, 5.41) is 3.21. The van der Waals surface area contributed by atoms with Crippen molar-refractivity contribution in [2.75, 3.05) is 25.7 Å². The molecule has 0 bridgehead atoms. The Bertz CT molecular complexity index is 742. The average molecular weight is 340 g/mol. The van der Waals surface area contributed by atoms with E-state index in [1.165, 1.54) is 0 Å². The molecule has 1 saturated carbocycles. The van der Waals surface area contributed by atoms with Crippen LogP contribution in [0.25, 0.3) is 0 Å². The van der Waals surface area contributed by atoms with E-state index in [0.29, 0.717) is 18.0 Å². The van der Waals surface area contributed by atoms with Crippen LogP contribution in [0.2, 0.25) is 0 Å². The lowest BCUT2D eigenvalue weighted by Gasteiger charge is -2.26. The van der Waals surface area contributed by atoms with Gasteiger partial charge in [-0.05, 0) is 49.6 Å². The molecule has 3 rings (SSSR count). The number of ether oxygens (including phenoxy) is 2. The number of nitrogens with one attached hydrogen (secondary N) is 1. The minimum Gasteiger partial charge on any atom is -0.493 e. The zero-order valence-corrected chi connectivity index (χ0v) is 14.9. The molecule has 1 aliphatic rings. The smallest absolute Gasteiger partial charge is 0.322 e. The highest BCUT2D eigenvalue weighted by molar-refractivity contribution is 5.92. The lowest BCUT2D eigenvalue weighted by Crippen LogP contribution is -2.45. The molecule has 5 nitrogen and oxygen atoms in total. The summed E-state index contributed by atoms with van der Waals surface area (Å²) in [7, 11) is 3.24. The Kier molecular flexibility index (Phi) is 4.83. The van der Waals surface area contributed by atoms with E-state index < -0.39 is 0 Å². The molecule has 0 aromatic heterocycles.